The van der Waals surface area contributed by atoms with Gasteiger partial charge in [-0.1, -0.05) is 175 Å². The average Bonchev–Trinajstić information content (AvgIpc) is 2.71. The minimum absolute atomic E-state index is 0.963. The zero-order valence-electron chi connectivity index (χ0n) is 21.4. The minimum Gasteiger partial charge on any atom is -0.0654 e. The Kier molecular flexibility index (Phi) is 24.3. The lowest BCUT2D eigenvalue weighted by molar-refractivity contribution is 0.407. The molecule has 2 unspecified atom stereocenters. The summed E-state index contributed by atoms with van der Waals surface area (Å²) in [5.41, 5.74) is 0. The van der Waals surface area contributed by atoms with Gasteiger partial charge in [0.25, 0.3) is 0 Å². The summed E-state index contributed by atoms with van der Waals surface area (Å²) in [6.45, 7) is 9.60. The number of unbranched alkanes of at least 4 members (excludes halogenated alkanes) is 16. The van der Waals surface area contributed by atoms with E-state index in [0.29, 0.717) is 0 Å². The molecule has 0 radical (unpaired) electrons. The molecule has 0 aromatic heterocycles. The maximum Gasteiger partial charge on any atom is -0.0443 e. The van der Waals surface area contributed by atoms with Gasteiger partial charge in [-0.05, 0) is 11.8 Å². The van der Waals surface area contributed by atoms with E-state index >= 15 is 0 Å². The van der Waals surface area contributed by atoms with E-state index < -0.39 is 0 Å². The molecule has 0 aromatic carbocycles. The lowest BCUT2D eigenvalue weighted by Crippen LogP contribution is -1.97. The van der Waals surface area contributed by atoms with Gasteiger partial charge < -0.3 is 0 Å². The monoisotopic (exact) mass is 408 g/mol. The summed E-state index contributed by atoms with van der Waals surface area (Å²) in [6, 6.07) is 0. The Morgan fingerprint density at radius 1 is 0.310 bits per heavy atom. The van der Waals surface area contributed by atoms with Gasteiger partial charge >= 0.3 is 0 Å². The summed E-state index contributed by atoms with van der Waals surface area (Å²) in [4.78, 5) is 0. The molecule has 0 heteroatoms. The van der Waals surface area contributed by atoms with Crippen molar-refractivity contribution in [1.29, 1.82) is 0 Å². The fraction of sp³-hybridized carbons (Fsp3) is 1.00. The first-order valence-electron chi connectivity index (χ1n) is 14.2. The zero-order chi connectivity index (χ0) is 21.4. The molecule has 0 rings (SSSR count). The number of hydrogen-bond acceptors (Lipinski definition) is 0. The van der Waals surface area contributed by atoms with Crippen LogP contribution >= 0.6 is 0 Å². The van der Waals surface area contributed by atoms with Crippen molar-refractivity contribution in [3.05, 3.63) is 0 Å². The molecule has 0 heterocycles. The van der Waals surface area contributed by atoms with Crippen LogP contribution in [0.1, 0.15) is 175 Å². The summed E-state index contributed by atoms with van der Waals surface area (Å²) in [7, 11) is 0. The number of hydrogen-bond donors (Lipinski definition) is 0. The van der Waals surface area contributed by atoms with Crippen molar-refractivity contribution in [2.75, 3.05) is 0 Å². The Bertz CT molecular complexity index is 254. The maximum absolute atomic E-state index is 2.49. The molecule has 0 aliphatic rings. The molecule has 0 N–H and O–H groups in total. The second kappa shape index (κ2) is 24.3. The van der Waals surface area contributed by atoms with Crippen molar-refractivity contribution < 1.29 is 0 Å². The first kappa shape index (κ1) is 29.0. The Morgan fingerprint density at radius 3 is 0.793 bits per heavy atom. The molecular weight excluding hydrogens is 348 g/mol. The molecule has 0 saturated carbocycles. The van der Waals surface area contributed by atoms with Crippen LogP contribution in [0.2, 0.25) is 0 Å². The van der Waals surface area contributed by atoms with Crippen LogP contribution in [0.15, 0.2) is 0 Å². The van der Waals surface area contributed by atoms with Crippen LogP contribution in [-0.4, -0.2) is 0 Å². The molecule has 0 amide bonds. The van der Waals surface area contributed by atoms with Crippen LogP contribution in [0, 0.1) is 11.8 Å². The first-order chi connectivity index (χ1) is 14.2. The molecule has 0 saturated heterocycles. The van der Waals surface area contributed by atoms with E-state index in [0.717, 1.165) is 11.8 Å². The van der Waals surface area contributed by atoms with Gasteiger partial charge in [-0.2, -0.15) is 0 Å². The lowest BCUT2D eigenvalue weighted by atomic mass is 9.93. The van der Waals surface area contributed by atoms with E-state index in [2.05, 4.69) is 27.7 Å². The van der Waals surface area contributed by atoms with Gasteiger partial charge in [-0.15, -0.1) is 0 Å². The normalized spacial score (nSPS) is 13.7. The molecule has 0 bridgehead atoms. The molecule has 176 valence electrons. The fourth-order valence-corrected chi connectivity index (χ4v) is 4.70. The molecule has 2 atom stereocenters. The highest BCUT2D eigenvalue weighted by Crippen LogP contribution is 2.21. The highest BCUT2D eigenvalue weighted by atomic mass is 14.1. The highest BCUT2D eigenvalue weighted by molar-refractivity contribution is 4.58. The van der Waals surface area contributed by atoms with Crippen molar-refractivity contribution >= 4 is 0 Å². The van der Waals surface area contributed by atoms with Gasteiger partial charge in [-0.3, -0.25) is 0 Å². The quantitative estimate of drug-likeness (QED) is 0.139. The van der Waals surface area contributed by atoms with Crippen molar-refractivity contribution in [3.8, 4) is 0 Å². The summed E-state index contributed by atoms with van der Waals surface area (Å²) in [5, 5.41) is 0. The number of rotatable bonds is 24. The largest absolute Gasteiger partial charge is 0.0654 e. The maximum atomic E-state index is 2.49. The smallest absolute Gasteiger partial charge is 0.0443 e. The predicted molar refractivity (Wildman–Crippen MR) is 136 cm³/mol. The van der Waals surface area contributed by atoms with Crippen molar-refractivity contribution in [2.24, 2.45) is 11.8 Å². The van der Waals surface area contributed by atoms with Crippen molar-refractivity contribution in [2.45, 2.75) is 175 Å². The molecule has 29 heavy (non-hydrogen) atoms. The van der Waals surface area contributed by atoms with Crippen LogP contribution in [0.5, 0.6) is 0 Å². The third kappa shape index (κ3) is 24.1. The van der Waals surface area contributed by atoms with Crippen LogP contribution < -0.4 is 0 Å². The second-order valence-electron chi connectivity index (χ2n) is 10.4. The SMILES string of the molecule is CCCCCCCCCCC(C)CCCCCC(C)CCCCCCCCCC. The van der Waals surface area contributed by atoms with Gasteiger partial charge in [0.15, 0.2) is 0 Å². The lowest BCUT2D eigenvalue weighted by Gasteiger charge is -2.13. The third-order valence-electron chi connectivity index (χ3n) is 6.99. The van der Waals surface area contributed by atoms with E-state index in [1.807, 2.05) is 0 Å². The van der Waals surface area contributed by atoms with Crippen LogP contribution in [0.4, 0.5) is 0 Å². The standard InChI is InChI=1S/C29H60/c1-5-7-9-11-13-15-17-20-24-28(3)26-22-19-23-27-29(4)25-21-18-16-14-12-10-8-6-2/h28-29H,5-27H2,1-4H3. The van der Waals surface area contributed by atoms with Crippen LogP contribution in [-0.2, 0) is 0 Å². The third-order valence-corrected chi connectivity index (χ3v) is 6.99. The topological polar surface area (TPSA) is 0 Å². The minimum atomic E-state index is 0.963. The molecule has 0 aromatic rings. The molecular formula is C29H60. The zero-order valence-corrected chi connectivity index (χ0v) is 21.4. The Hall–Kier alpha value is 0. The van der Waals surface area contributed by atoms with Gasteiger partial charge in [0.1, 0.15) is 0 Å². The van der Waals surface area contributed by atoms with Gasteiger partial charge in [0.2, 0.25) is 0 Å². The van der Waals surface area contributed by atoms with Gasteiger partial charge in [0, 0.05) is 0 Å². The van der Waals surface area contributed by atoms with E-state index in [1.165, 1.54) is 148 Å². The van der Waals surface area contributed by atoms with Gasteiger partial charge in [-0.25, -0.2) is 0 Å². The van der Waals surface area contributed by atoms with E-state index in [9.17, 15) is 0 Å². The van der Waals surface area contributed by atoms with E-state index in [-0.39, 0.29) is 0 Å². The molecule has 0 fully saturated rings. The Labute approximate surface area is 187 Å². The summed E-state index contributed by atoms with van der Waals surface area (Å²) >= 11 is 0. The predicted octanol–water partition coefficient (Wildman–Crippen LogP) is 11.3. The first-order valence-corrected chi connectivity index (χ1v) is 14.2. The van der Waals surface area contributed by atoms with Crippen molar-refractivity contribution in [3.63, 3.8) is 0 Å². The fourth-order valence-electron chi connectivity index (χ4n) is 4.70. The van der Waals surface area contributed by atoms with Crippen molar-refractivity contribution in [1.82, 2.24) is 0 Å². The average molecular weight is 409 g/mol. The molecule has 0 aliphatic carbocycles. The molecule has 0 spiro atoms. The van der Waals surface area contributed by atoms with E-state index in [1.54, 1.807) is 0 Å². The van der Waals surface area contributed by atoms with E-state index in [4.69, 9.17) is 0 Å². The Morgan fingerprint density at radius 2 is 0.517 bits per heavy atom. The second-order valence-corrected chi connectivity index (χ2v) is 10.4. The molecule has 0 nitrogen and oxygen atoms in total. The highest BCUT2D eigenvalue weighted by Gasteiger charge is 2.05. The Balaban J connectivity index is 3.27. The van der Waals surface area contributed by atoms with Crippen LogP contribution in [0.25, 0.3) is 0 Å². The van der Waals surface area contributed by atoms with Crippen LogP contribution in [0.3, 0.4) is 0 Å². The summed E-state index contributed by atoms with van der Waals surface area (Å²) in [5.74, 6) is 1.93. The van der Waals surface area contributed by atoms with Gasteiger partial charge in [0.05, 0.1) is 0 Å². The summed E-state index contributed by atoms with van der Waals surface area (Å²) in [6.07, 6.45) is 33.6. The molecule has 0 aliphatic heterocycles. The summed E-state index contributed by atoms with van der Waals surface area (Å²) < 4.78 is 0.